The fraction of sp³-hybridized carbons (Fsp3) is 0.377. The van der Waals surface area contributed by atoms with Crippen molar-refractivity contribution in [1.82, 2.24) is 14.9 Å². The number of hydrogen-bond donors (Lipinski definition) is 3. The number of para-hydroxylation sites is 1. The highest BCUT2D eigenvalue weighted by atomic mass is 35.5. The van der Waals surface area contributed by atoms with Crippen LogP contribution in [0.1, 0.15) is 50.4 Å². The number of sulfone groups is 1. The lowest BCUT2D eigenvalue weighted by Crippen LogP contribution is -2.45. The molecule has 75 heavy (non-hydrogen) atoms. The maximum atomic E-state index is 14.3. The Morgan fingerprint density at radius 1 is 0.840 bits per heavy atom. The predicted octanol–water partition coefficient (Wildman–Crippen LogP) is 9.49. The van der Waals surface area contributed by atoms with Crippen LogP contribution in [0.3, 0.4) is 0 Å². The molecule has 0 bridgehead atoms. The summed E-state index contributed by atoms with van der Waals surface area (Å²) in [4.78, 5) is 44.7. The van der Waals surface area contributed by atoms with E-state index in [1.807, 2.05) is 71.5 Å². The number of hydrogen-bond acceptors (Lipinski definition) is 13. The number of alkyl carbamates (subject to hydrolysis) is 1. The third-order valence-corrected chi connectivity index (χ3v) is 16.8. The van der Waals surface area contributed by atoms with Crippen LogP contribution in [-0.4, -0.2) is 122 Å². The molecule has 1 atom stereocenters. The van der Waals surface area contributed by atoms with Crippen molar-refractivity contribution in [1.29, 1.82) is 0 Å². The van der Waals surface area contributed by atoms with E-state index in [4.69, 9.17) is 21.1 Å². The van der Waals surface area contributed by atoms with E-state index in [9.17, 15) is 44.4 Å². The van der Waals surface area contributed by atoms with Gasteiger partial charge < -0.3 is 29.9 Å². The Bertz CT molecular complexity index is 2990. The number of sulfonamides is 1. The molecule has 0 aromatic heterocycles. The summed E-state index contributed by atoms with van der Waals surface area (Å²) in [6.07, 6.45) is 1.02. The summed E-state index contributed by atoms with van der Waals surface area (Å²) in [6.45, 7) is 9.26. The quantitative estimate of drug-likeness (QED) is 0.0666. The predicted molar refractivity (Wildman–Crippen MR) is 286 cm³/mol. The van der Waals surface area contributed by atoms with Crippen molar-refractivity contribution in [3.05, 3.63) is 132 Å². The van der Waals surface area contributed by atoms with E-state index in [1.54, 1.807) is 49.9 Å². The molecule has 2 saturated heterocycles. The van der Waals surface area contributed by atoms with Crippen LogP contribution in [0.4, 0.5) is 35.0 Å². The highest BCUT2D eigenvalue weighted by Crippen LogP contribution is 2.38. The van der Waals surface area contributed by atoms with Crippen molar-refractivity contribution < 1.29 is 53.9 Å². The standard InChI is InChI=1S/C53H60ClF3N6O9S3/c1-52(2,3)72-51(66)58-34-49(64)63(47-12-8-7-11-45(47)38-13-17-40(54)18-14-38)35-37-23-27-62(28-24-37)42-19-15-39(16-20-42)50(65)60-75(69,70)44-21-22-46(48(33-44)74(67,68)53(55,56)57)59-41(25-26-61-29-31-71-32-30-61)36-73-43-9-5-4-6-10-43/h4-22,33,37,41,59H,23-32,34-36H2,1-3H3,(H,58,66)(H,60,65)/t41-/m1/s1. The van der Waals surface area contributed by atoms with Gasteiger partial charge >= 0.3 is 11.6 Å². The zero-order chi connectivity index (χ0) is 54.0. The fourth-order valence-electron chi connectivity index (χ4n) is 8.60. The first kappa shape index (κ1) is 56.9. The van der Waals surface area contributed by atoms with Gasteiger partial charge in [0.1, 0.15) is 17.0 Å². The van der Waals surface area contributed by atoms with Crippen LogP contribution < -0.4 is 25.2 Å². The van der Waals surface area contributed by atoms with Crippen LogP contribution in [0.2, 0.25) is 5.02 Å². The molecule has 2 heterocycles. The first-order valence-electron chi connectivity index (χ1n) is 24.3. The molecule has 2 aliphatic heterocycles. The summed E-state index contributed by atoms with van der Waals surface area (Å²) in [5.74, 6) is -1.05. The van der Waals surface area contributed by atoms with Crippen LogP contribution in [-0.2, 0) is 34.1 Å². The van der Waals surface area contributed by atoms with Gasteiger partial charge in [-0.15, -0.1) is 11.8 Å². The molecule has 5 aromatic rings. The van der Waals surface area contributed by atoms with Crippen LogP contribution in [0.25, 0.3) is 11.1 Å². The third kappa shape index (κ3) is 15.6. The van der Waals surface area contributed by atoms with Crippen molar-refractivity contribution >= 4 is 78.2 Å². The van der Waals surface area contributed by atoms with Crippen LogP contribution in [0.15, 0.2) is 136 Å². The van der Waals surface area contributed by atoms with Gasteiger partial charge in [0, 0.05) is 77.8 Å². The molecule has 2 fully saturated rings. The molecule has 0 saturated carbocycles. The fourth-order valence-corrected chi connectivity index (χ4v) is 11.7. The van der Waals surface area contributed by atoms with Gasteiger partial charge in [-0.05, 0) is 124 Å². The van der Waals surface area contributed by atoms with E-state index >= 15 is 0 Å². The summed E-state index contributed by atoms with van der Waals surface area (Å²) < 4.78 is 109. The molecular formula is C53H60ClF3N6O9S3. The number of morpholine rings is 1. The van der Waals surface area contributed by atoms with Gasteiger partial charge in [0.15, 0.2) is 0 Å². The lowest BCUT2D eigenvalue weighted by Gasteiger charge is -2.36. The number of benzene rings is 5. The number of halogens is 4. The Hall–Kier alpha value is -5.84. The van der Waals surface area contributed by atoms with E-state index < -0.39 is 64.5 Å². The molecule has 0 radical (unpaired) electrons. The largest absolute Gasteiger partial charge is 0.501 e. The molecule has 15 nitrogen and oxygen atoms in total. The molecule has 402 valence electrons. The van der Waals surface area contributed by atoms with Gasteiger partial charge in [-0.2, -0.15) is 13.2 Å². The number of nitrogens with one attached hydrogen (secondary N) is 3. The molecule has 5 aromatic carbocycles. The number of nitrogens with zero attached hydrogens (tertiary/aromatic N) is 3. The van der Waals surface area contributed by atoms with E-state index in [2.05, 4.69) is 20.4 Å². The topological polar surface area (TPSA) is 184 Å². The summed E-state index contributed by atoms with van der Waals surface area (Å²) in [6, 6.07) is 32.0. The number of alkyl halides is 3. The smallest absolute Gasteiger partial charge is 0.444 e. The summed E-state index contributed by atoms with van der Waals surface area (Å²) >= 11 is 7.62. The highest BCUT2D eigenvalue weighted by Gasteiger charge is 2.48. The molecule has 22 heteroatoms. The monoisotopic (exact) mass is 1110 g/mol. The second-order valence-electron chi connectivity index (χ2n) is 19.1. The second kappa shape index (κ2) is 24.9. The lowest BCUT2D eigenvalue weighted by atomic mass is 9.94. The molecule has 3 N–H and O–H groups in total. The third-order valence-electron chi connectivity index (χ3n) is 12.5. The molecule has 3 amide bonds. The van der Waals surface area contributed by atoms with Crippen LogP contribution in [0.5, 0.6) is 0 Å². The highest BCUT2D eigenvalue weighted by molar-refractivity contribution is 7.99. The summed E-state index contributed by atoms with van der Waals surface area (Å²) in [5.41, 5.74) is -4.02. The first-order valence-corrected chi connectivity index (χ1v) is 28.6. The average Bonchev–Trinajstić information content (AvgIpc) is 3.38. The maximum absolute atomic E-state index is 14.3. The van der Waals surface area contributed by atoms with E-state index in [-0.39, 0.29) is 23.9 Å². The van der Waals surface area contributed by atoms with Gasteiger partial charge in [-0.3, -0.25) is 14.5 Å². The molecule has 0 unspecified atom stereocenters. The Kier molecular flexibility index (Phi) is 18.9. The number of carbonyl (C=O) groups is 3. The Labute approximate surface area is 445 Å². The number of carbonyl (C=O) groups excluding carboxylic acids is 3. The van der Waals surface area contributed by atoms with E-state index in [1.165, 1.54) is 23.9 Å². The summed E-state index contributed by atoms with van der Waals surface area (Å²) in [5, 5.41) is 6.13. The number of rotatable bonds is 19. The number of piperidine rings is 1. The number of amides is 3. The van der Waals surface area contributed by atoms with Gasteiger partial charge in [0.2, 0.25) is 5.91 Å². The Morgan fingerprint density at radius 2 is 1.49 bits per heavy atom. The van der Waals surface area contributed by atoms with Crippen molar-refractivity contribution in [2.24, 2.45) is 5.92 Å². The molecule has 0 spiro atoms. The van der Waals surface area contributed by atoms with Gasteiger partial charge in [0.05, 0.1) is 29.5 Å². The normalized spacial score (nSPS) is 15.4. The molecular weight excluding hydrogens is 1050 g/mol. The molecule has 2 aliphatic rings. The zero-order valence-corrected chi connectivity index (χ0v) is 44.9. The Balaban J connectivity index is 1.02. The Morgan fingerprint density at radius 3 is 2.15 bits per heavy atom. The number of anilines is 3. The van der Waals surface area contributed by atoms with Crippen molar-refractivity contribution in [2.45, 2.75) is 71.9 Å². The molecule has 0 aliphatic carbocycles. The number of thioether (sulfide) groups is 1. The van der Waals surface area contributed by atoms with Crippen molar-refractivity contribution in [3.8, 4) is 11.1 Å². The first-order chi connectivity index (χ1) is 35.6. The van der Waals surface area contributed by atoms with Crippen LogP contribution in [0, 0.1) is 5.92 Å². The minimum absolute atomic E-state index is 0.0390. The minimum Gasteiger partial charge on any atom is -0.444 e. The zero-order valence-electron chi connectivity index (χ0n) is 41.6. The van der Waals surface area contributed by atoms with Crippen LogP contribution >= 0.6 is 23.4 Å². The van der Waals surface area contributed by atoms with Gasteiger partial charge in [-0.1, -0.05) is 60.1 Å². The lowest BCUT2D eigenvalue weighted by molar-refractivity contribution is -0.118. The van der Waals surface area contributed by atoms with Gasteiger partial charge in [0.25, 0.3) is 25.8 Å². The SMILES string of the molecule is CC(C)(C)OC(=O)NCC(=O)N(CC1CCN(c2ccc(C(=O)NS(=O)(=O)c3ccc(N[C@H](CCN4CCOCC4)CSc4ccccc4)c(S(=O)(=O)C(F)(F)F)c3)cc2)CC1)c1ccccc1-c1ccc(Cl)cc1. The van der Waals surface area contributed by atoms with E-state index in [0.29, 0.717) is 94.3 Å². The second-order valence-corrected chi connectivity index (χ2v) is 24.2. The minimum atomic E-state index is -6.10. The van der Waals surface area contributed by atoms with Gasteiger partial charge in [-0.25, -0.2) is 26.4 Å². The number of ether oxygens (including phenoxy) is 2. The molecule has 7 rings (SSSR count). The van der Waals surface area contributed by atoms with Crippen molar-refractivity contribution in [3.63, 3.8) is 0 Å². The summed E-state index contributed by atoms with van der Waals surface area (Å²) in [7, 11) is -11.0. The van der Waals surface area contributed by atoms with Crippen molar-refractivity contribution in [2.75, 3.05) is 79.9 Å². The van der Waals surface area contributed by atoms with E-state index in [0.717, 1.165) is 33.8 Å². The maximum Gasteiger partial charge on any atom is 0.501 e. The average molecular weight is 1110 g/mol.